The first kappa shape index (κ1) is 12.1. The number of carbonyl (C=O) groups excluding carboxylic acids is 1. The van der Waals surface area contributed by atoms with Crippen molar-refractivity contribution in [2.45, 2.75) is 6.92 Å². The number of anilines is 2. The van der Waals surface area contributed by atoms with Crippen molar-refractivity contribution in [2.24, 2.45) is 0 Å². The molecule has 0 atom stereocenters. The van der Waals surface area contributed by atoms with Crippen molar-refractivity contribution in [1.29, 1.82) is 0 Å². The molecule has 0 heterocycles. The average Bonchev–Trinajstić information content (AvgIpc) is 2.33. The van der Waals surface area contributed by atoms with Gasteiger partial charge in [-0.2, -0.15) is 0 Å². The zero-order valence-corrected chi connectivity index (χ0v) is 9.91. The Morgan fingerprint density at radius 1 is 1.17 bits per heavy atom. The predicted octanol–water partition coefficient (Wildman–Crippen LogP) is 2.97. The molecule has 0 aliphatic heterocycles. The zero-order chi connectivity index (χ0) is 13.1. The Hall–Kier alpha value is -2.36. The molecule has 3 nitrogen and oxygen atoms in total. The average molecular weight is 244 g/mol. The number of rotatable bonds is 2. The summed E-state index contributed by atoms with van der Waals surface area (Å²) in [6.45, 7) is 1.74. The fourth-order valence-electron chi connectivity index (χ4n) is 1.60. The van der Waals surface area contributed by atoms with Crippen molar-refractivity contribution in [3.05, 3.63) is 59.4 Å². The number of aryl methyl sites for hydroxylation is 1. The normalized spacial score (nSPS) is 10.1. The molecule has 4 heteroatoms. The van der Waals surface area contributed by atoms with E-state index in [1.54, 1.807) is 37.3 Å². The largest absolute Gasteiger partial charge is 0.399 e. The second-order valence-corrected chi connectivity index (χ2v) is 4.04. The fourth-order valence-corrected chi connectivity index (χ4v) is 1.60. The summed E-state index contributed by atoms with van der Waals surface area (Å²) in [5.74, 6) is -0.567. The summed E-state index contributed by atoms with van der Waals surface area (Å²) in [6.07, 6.45) is 0. The molecule has 0 saturated heterocycles. The molecule has 18 heavy (non-hydrogen) atoms. The molecule has 0 unspecified atom stereocenters. The van der Waals surface area contributed by atoms with E-state index >= 15 is 0 Å². The van der Waals surface area contributed by atoms with Gasteiger partial charge in [0, 0.05) is 16.9 Å². The summed E-state index contributed by atoms with van der Waals surface area (Å²) in [5.41, 5.74) is 7.93. The smallest absolute Gasteiger partial charge is 0.255 e. The maximum Gasteiger partial charge on any atom is 0.255 e. The van der Waals surface area contributed by atoms with E-state index in [0.717, 1.165) is 0 Å². The third-order valence-electron chi connectivity index (χ3n) is 2.61. The van der Waals surface area contributed by atoms with E-state index in [4.69, 9.17) is 5.73 Å². The van der Waals surface area contributed by atoms with Crippen LogP contribution in [0, 0.1) is 12.7 Å². The van der Waals surface area contributed by atoms with E-state index in [9.17, 15) is 9.18 Å². The number of halogens is 1. The second kappa shape index (κ2) is 4.87. The maximum absolute atomic E-state index is 12.9. The van der Waals surface area contributed by atoms with E-state index in [1.807, 2.05) is 0 Å². The number of amides is 1. The third kappa shape index (κ3) is 2.66. The summed E-state index contributed by atoms with van der Waals surface area (Å²) in [7, 11) is 0. The maximum atomic E-state index is 12.9. The molecule has 3 N–H and O–H groups in total. The highest BCUT2D eigenvalue weighted by molar-refractivity contribution is 6.04. The molecule has 0 saturated carbocycles. The zero-order valence-electron chi connectivity index (χ0n) is 9.91. The van der Waals surface area contributed by atoms with Gasteiger partial charge in [-0.25, -0.2) is 4.39 Å². The van der Waals surface area contributed by atoms with Gasteiger partial charge in [-0.1, -0.05) is 0 Å². The van der Waals surface area contributed by atoms with Gasteiger partial charge in [0.1, 0.15) is 5.82 Å². The quantitative estimate of drug-likeness (QED) is 0.798. The number of benzene rings is 2. The summed E-state index contributed by atoms with van der Waals surface area (Å²) in [6, 6.07) is 10.8. The highest BCUT2D eigenvalue weighted by Gasteiger charge is 2.07. The van der Waals surface area contributed by atoms with Gasteiger partial charge in [-0.15, -0.1) is 0 Å². The van der Waals surface area contributed by atoms with E-state index in [0.29, 0.717) is 22.5 Å². The van der Waals surface area contributed by atoms with Crippen LogP contribution >= 0.6 is 0 Å². The van der Waals surface area contributed by atoms with Crippen LogP contribution in [-0.4, -0.2) is 5.91 Å². The van der Waals surface area contributed by atoms with Gasteiger partial charge in [-0.3, -0.25) is 4.79 Å². The van der Waals surface area contributed by atoms with Crippen LogP contribution in [0.1, 0.15) is 15.9 Å². The lowest BCUT2D eigenvalue weighted by molar-refractivity contribution is 0.102. The molecule has 0 radical (unpaired) electrons. The van der Waals surface area contributed by atoms with Gasteiger partial charge in [-0.05, 0) is 55.0 Å². The standard InChI is InChI=1S/C14H13FN2O/c1-9-8-11(15)4-7-13(9)17-14(18)10-2-5-12(16)6-3-10/h2-8H,16H2,1H3,(H,17,18). The van der Waals surface area contributed by atoms with Crippen LogP contribution in [0.4, 0.5) is 15.8 Å². The minimum absolute atomic E-state index is 0.246. The number of nitrogen functional groups attached to an aromatic ring is 1. The Morgan fingerprint density at radius 2 is 1.83 bits per heavy atom. The molecule has 2 rings (SSSR count). The van der Waals surface area contributed by atoms with Crippen molar-refractivity contribution in [3.8, 4) is 0 Å². The first-order chi connectivity index (χ1) is 8.56. The SMILES string of the molecule is Cc1cc(F)ccc1NC(=O)c1ccc(N)cc1. The Balaban J connectivity index is 2.18. The number of hydrogen-bond acceptors (Lipinski definition) is 2. The molecule has 2 aromatic carbocycles. The lowest BCUT2D eigenvalue weighted by Gasteiger charge is -2.08. The summed E-state index contributed by atoms with van der Waals surface area (Å²) in [5, 5.41) is 2.73. The molecular weight excluding hydrogens is 231 g/mol. The van der Waals surface area contributed by atoms with E-state index in [2.05, 4.69) is 5.32 Å². The predicted molar refractivity (Wildman–Crippen MR) is 69.9 cm³/mol. The lowest BCUT2D eigenvalue weighted by Crippen LogP contribution is -2.12. The van der Waals surface area contributed by atoms with Crippen molar-refractivity contribution in [2.75, 3.05) is 11.1 Å². The first-order valence-corrected chi connectivity index (χ1v) is 5.49. The van der Waals surface area contributed by atoms with Crippen LogP contribution < -0.4 is 11.1 Å². The van der Waals surface area contributed by atoms with E-state index < -0.39 is 0 Å². The molecule has 2 aromatic rings. The van der Waals surface area contributed by atoms with Gasteiger partial charge in [0.25, 0.3) is 5.91 Å². The minimum Gasteiger partial charge on any atom is -0.399 e. The highest BCUT2D eigenvalue weighted by Crippen LogP contribution is 2.17. The Labute approximate surface area is 104 Å². The molecular formula is C14H13FN2O. The molecule has 0 spiro atoms. The molecule has 0 aliphatic carbocycles. The minimum atomic E-state index is -0.321. The van der Waals surface area contributed by atoms with Crippen LogP contribution in [0.2, 0.25) is 0 Å². The summed E-state index contributed by atoms with van der Waals surface area (Å²) < 4.78 is 12.9. The van der Waals surface area contributed by atoms with E-state index in [1.165, 1.54) is 12.1 Å². The summed E-state index contributed by atoms with van der Waals surface area (Å²) in [4.78, 5) is 11.9. The van der Waals surface area contributed by atoms with Crippen LogP contribution in [0.25, 0.3) is 0 Å². The molecule has 92 valence electrons. The fraction of sp³-hybridized carbons (Fsp3) is 0.0714. The Morgan fingerprint density at radius 3 is 2.44 bits per heavy atom. The van der Waals surface area contributed by atoms with Gasteiger partial charge in [0.05, 0.1) is 0 Å². The highest BCUT2D eigenvalue weighted by atomic mass is 19.1. The number of hydrogen-bond donors (Lipinski definition) is 2. The van der Waals surface area contributed by atoms with Gasteiger partial charge < -0.3 is 11.1 Å². The summed E-state index contributed by atoms with van der Waals surface area (Å²) >= 11 is 0. The molecule has 0 fully saturated rings. The van der Waals surface area contributed by atoms with Gasteiger partial charge >= 0.3 is 0 Å². The Kier molecular flexibility index (Phi) is 3.28. The number of nitrogens with two attached hydrogens (primary N) is 1. The number of carbonyl (C=O) groups is 1. The van der Waals surface area contributed by atoms with Crippen molar-refractivity contribution < 1.29 is 9.18 Å². The molecule has 0 aliphatic rings. The number of nitrogens with one attached hydrogen (secondary N) is 1. The topological polar surface area (TPSA) is 55.1 Å². The second-order valence-electron chi connectivity index (χ2n) is 4.04. The van der Waals surface area contributed by atoms with Crippen molar-refractivity contribution >= 4 is 17.3 Å². The van der Waals surface area contributed by atoms with Crippen LogP contribution in [0.15, 0.2) is 42.5 Å². The Bertz CT molecular complexity index is 579. The van der Waals surface area contributed by atoms with Crippen LogP contribution in [-0.2, 0) is 0 Å². The molecule has 0 aromatic heterocycles. The monoisotopic (exact) mass is 244 g/mol. The molecule has 0 bridgehead atoms. The van der Waals surface area contributed by atoms with Crippen molar-refractivity contribution in [1.82, 2.24) is 0 Å². The van der Waals surface area contributed by atoms with E-state index in [-0.39, 0.29) is 11.7 Å². The van der Waals surface area contributed by atoms with Gasteiger partial charge in [0.2, 0.25) is 0 Å². The van der Waals surface area contributed by atoms with Crippen LogP contribution in [0.5, 0.6) is 0 Å². The first-order valence-electron chi connectivity index (χ1n) is 5.49. The lowest BCUT2D eigenvalue weighted by atomic mass is 10.1. The van der Waals surface area contributed by atoms with Gasteiger partial charge in [0.15, 0.2) is 0 Å². The van der Waals surface area contributed by atoms with Crippen molar-refractivity contribution in [3.63, 3.8) is 0 Å². The molecule has 1 amide bonds. The third-order valence-corrected chi connectivity index (χ3v) is 2.61. The van der Waals surface area contributed by atoms with Crippen LogP contribution in [0.3, 0.4) is 0 Å².